The van der Waals surface area contributed by atoms with E-state index in [1.807, 2.05) is 24.3 Å². The molecule has 0 spiro atoms. The zero-order valence-electron chi connectivity index (χ0n) is 10.2. The van der Waals surface area contributed by atoms with E-state index in [0.29, 0.717) is 17.4 Å². The van der Waals surface area contributed by atoms with Crippen LogP contribution >= 0.6 is 11.6 Å². The average Bonchev–Trinajstić information content (AvgIpc) is 2.34. The Hall–Kier alpha value is -1.81. The third kappa shape index (κ3) is 2.90. The maximum absolute atomic E-state index is 5.71. The molecule has 0 fully saturated rings. The standard InChI is InChI=1S/C13H14ClN3O/c1-8(2)9-3-5-10(6-4-9)18-12-11(15)7-16-13(14)17-12/h3-8H,15H2,1-2H3. The second-order valence-electron chi connectivity index (χ2n) is 4.23. The summed E-state index contributed by atoms with van der Waals surface area (Å²) in [4.78, 5) is 7.70. The fourth-order valence-corrected chi connectivity index (χ4v) is 1.59. The van der Waals surface area contributed by atoms with Crippen molar-refractivity contribution in [2.75, 3.05) is 5.73 Å². The zero-order valence-corrected chi connectivity index (χ0v) is 11.0. The van der Waals surface area contributed by atoms with Gasteiger partial charge in [-0.05, 0) is 35.2 Å². The Morgan fingerprint density at radius 1 is 1.22 bits per heavy atom. The van der Waals surface area contributed by atoms with Gasteiger partial charge in [0.15, 0.2) is 0 Å². The maximum Gasteiger partial charge on any atom is 0.247 e. The van der Waals surface area contributed by atoms with Gasteiger partial charge in [0.2, 0.25) is 11.2 Å². The smallest absolute Gasteiger partial charge is 0.247 e. The first-order chi connectivity index (χ1) is 8.56. The van der Waals surface area contributed by atoms with Gasteiger partial charge < -0.3 is 10.5 Å². The quantitative estimate of drug-likeness (QED) is 0.859. The van der Waals surface area contributed by atoms with Crippen molar-refractivity contribution in [1.29, 1.82) is 0 Å². The van der Waals surface area contributed by atoms with Gasteiger partial charge in [0.1, 0.15) is 11.4 Å². The number of nitrogens with zero attached hydrogens (tertiary/aromatic N) is 2. The third-order valence-electron chi connectivity index (χ3n) is 2.51. The van der Waals surface area contributed by atoms with Gasteiger partial charge in [0, 0.05) is 0 Å². The molecule has 1 aromatic carbocycles. The van der Waals surface area contributed by atoms with Crippen LogP contribution in [0.5, 0.6) is 11.6 Å². The van der Waals surface area contributed by atoms with Crippen molar-refractivity contribution in [3.05, 3.63) is 41.3 Å². The first-order valence-electron chi connectivity index (χ1n) is 5.62. The second kappa shape index (κ2) is 5.23. The zero-order chi connectivity index (χ0) is 13.1. The Bertz CT molecular complexity index is 540. The number of rotatable bonds is 3. The van der Waals surface area contributed by atoms with Crippen molar-refractivity contribution in [2.24, 2.45) is 0 Å². The van der Waals surface area contributed by atoms with Crippen LogP contribution < -0.4 is 10.5 Å². The van der Waals surface area contributed by atoms with Gasteiger partial charge in [0.25, 0.3) is 0 Å². The number of anilines is 1. The molecule has 0 radical (unpaired) electrons. The van der Waals surface area contributed by atoms with E-state index in [1.54, 1.807) is 0 Å². The minimum atomic E-state index is 0.109. The molecule has 0 aliphatic rings. The highest BCUT2D eigenvalue weighted by molar-refractivity contribution is 6.28. The van der Waals surface area contributed by atoms with Gasteiger partial charge in [0.05, 0.1) is 6.20 Å². The SMILES string of the molecule is CC(C)c1ccc(Oc2nc(Cl)ncc2N)cc1. The van der Waals surface area contributed by atoms with Gasteiger partial charge >= 0.3 is 0 Å². The van der Waals surface area contributed by atoms with Crippen molar-refractivity contribution in [2.45, 2.75) is 19.8 Å². The highest BCUT2D eigenvalue weighted by atomic mass is 35.5. The van der Waals surface area contributed by atoms with Crippen LogP contribution in [0.3, 0.4) is 0 Å². The summed E-state index contributed by atoms with van der Waals surface area (Å²) in [6, 6.07) is 7.79. The molecule has 2 rings (SSSR count). The molecule has 0 saturated carbocycles. The average molecular weight is 264 g/mol. The summed E-state index contributed by atoms with van der Waals surface area (Å²) < 4.78 is 5.56. The Balaban J connectivity index is 2.21. The van der Waals surface area contributed by atoms with Gasteiger partial charge in [-0.3, -0.25) is 0 Å². The molecule has 0 aliphatic heterocycles. The van der Waals surface area contributed by atoms with E-state index in [2.05, 4.69) is 23.8 Å². The first kappa shape index (κ1) is 12.6. The molecule has 18 heavy (non-hydrogen) atoms. The number of halogens is 1. The third-order valence-corrected chi connectivity index (χ3v) is 2.69. The molecule has 0 unspecified atom stereocenters. The molecule has 2 aromatic rings. The van der Waals surface area contributed by atoms with Crippen LogP contribution in [-0.2, 0) is 0 Å². The molecule has 0 amide bonds. The summed E-state index contributed by atoms with van der Waals surface area (Å²) in [6.45, 7) is 4.27. The fourth-order valence-electron chi connectivity index (χ4n) is 1.47. The van der Waals surface area contributed by atoms with Crippen molar-refractivity contribution in [3.8, 4) is 11.6 Å². The second-order valence-corrected chi connectivity index (χ2v) is 4.56. The lowest BCUT2D eigenvalue weighted by Gasteiger charge is -2.09. The maximum atomic E-state index is 5.71. The minimum absolute atomic E-state index is 0.109. The molecule has 0 bridgehead atoms. The van der Waals surface area contributed by atoms with E-state index in [1.165, 1.54) is 11.8 Å². The lowest BCUT2D eigenvalue weighted by molar-refractivity contribution is 0.464. The fraction of sp³-hybridized carbons (Fsp3) is 0.231. The van der Waals surface area contributed by atoms with E-state index in [-0.39, 0.29) is 11.2 Å². The Kier molecular flexibility index (Phi) is 3.67. The summed E-state index contributed by atoms with van der Waals surface area (Å²) in [5, 5.41) is 0.109. The number of nitrogens with two attached hydrogens (primary N) is 1. The van der Waals surface area contributed by atoms with Crippen LogP contribution in [-0.4, -0.2) is 9.97 Å². The van der Waals surface area contributed by atoms with Crippen molar-refractivity contribution < 1.29 is 4.74 Å². The molecule has 0 atom stereocenters. The molecular formula is C13H14ClN3O. The Labute approximate surface area is 111 Å². The van der Waals surface area contributed by atoms with E-state index in [0.717, 1.165) is 0 Å². The predicted molar refractivity (Wildman–Crippen MR) is 72.1 cm³/mol. The van der Waals surface area contributed by atoms with Crippen LogP contribution in [0.4, 0.5) is 5.69 Å². The van der Waals surface area contributed by atoms with Crippen molar-refractivity contribution in [1.82, 2.24) is 9.97 Å². The number of nitrogen functional groups attached to an aromatic ring is 1. The van der Waals surface area contributed by atoms with E-state index in [9.17, 15) is 0 Å². The number of aromatic nitrogens is 2. The first-order valence-corrected chi connectivity index (χ1v) is 6.00. The molecule has 0 saturated heterocycles. The molecule has 1 aromatic heterocycles. The summed E-state index contributed by atoms with van der Waals surface area (Å²) >= 11 is 5.69. The van der Waals surface area contributed by atoms with Gasteiger partial charge in [-0.15, -0.1) is 0 Å². The van der Waals surface area contributed by atoms with Crippen LogP contribution in [0.2, 0.25) is 5.28 Å². The summed E-state index contributed by atoms with van der Waals surface area (Å²) in [7, 11) is 0. The Morgan fingerprint density at radius 2 is 1.89 bits per heavy atom. The van der Waals surface area contributed by atoms with E-state index >= 15 is 0 Å². The van der Waals surface area contributed by atoms with Crippen LogP contribution in [0, 0.1) is 0 Å². The van der Waals surface area contributed by atoms with Crippen molar-refractivity contribution in [3.63, 3.8) is 0 Å². The molecule has 0 aliphatic carbocycles. The van der Waals surface area contributed by atoms with Crippen LogP contribution in [0.1, 0.15) is 25.3 Å². The number of ether oxygens (including phenoxy) is 1. The highest BCUT2D eigenvalue weighted by Gasteiger charge is 2.06. The molecule has 1 heterocycles. The number of benzene rings is 1. The van der Waals surface area contributed by atoms with E-state index in [4.69, 9.17) is 22.1 Å². The highest BCUT2D eigenvalue weighted by Crippen LogP contribution is 2.26. The molecule has 4 nitrogen and oxygen atoms in total. The summed E-state index contributed by atoms with van der Waals surface area (Å²) in [5.74, 6) is 1.42. The van der Waals surface area contributed by atoms with Crippen molar-refractivity contribution >= 4 is 17.3 Å². The molecule has 2 N–H and O–H groups in total. The van der Waals surface area contributed by atoms with Gasteiger partial charge in [-0.25, -0.2) is 4.98 Å². The van der Waals surface area contributed by atoms with E-state index < -0.39 is 0 Å². The largest absolute Gasteiger partial charge is 0.437 e. The lowest BCUT2D eigenvalue weighted by atomic mass is 10.0. The normalized spacial score (nSPS) is 10.7. The minimum Gasteiger partial charge on any atom is -0.437 e. The van der Waals surface area contributed by atoms with Gasteiger partial charge in [-0.1, -0.05) is 26.0 Å². The van der Waals surface area contributed by atoms with Crippen LogP contribution in [0.15, 0.2) is 30.5 Å². The monoisotopic (exact) mass is 263 g/mol. The molecule has 5 heteroatoms. The predicted octanol–water partition coefficient (Wildman–Crippen LogP) is 3.63. The molecular weight excluding hydrogens is 250 g/mol. The molecule has 94 valence electrons. The summed E-state index contributed by atoms with van der Waals surface area (Å²) in [5.41, 5.74) is 7.31. The number of hydrogen-bond donors (Lipinski definition) is 1. The number of hydrogen-bond acceptors (Lipinski definition) is 4. The lowest BCUT2D eigenvalue weighted by Crippen LogP contribution is -1.97. The topological polar surface area (TPSA) is 61.0 Å². The van der Waals surface area contributed by atoms with Crippen LogP contribution in [0.25, 0.3) is 0 Å². The Morgan fingerprint density at radius 3 is 2.50 bits per heavy atom. The summed E-state index contributed by atoms with van der Waals surface area (Å²) in [6.07, 6.45) is 1.42. The van der Waals surface area contributed by atoms with Gasteiger partial charge in [-0.2, -0.15) is 4.98 Å².